The van der Waals surface area contributed by atoms with Crippen molar-refractivity contribution in [1.29, 1.82) is 0 Å². The van der Waals surface area contributed by atoms with E-state index in [9.17, 15) is 0 Å². The van der Waals surface area contributed by atoms with Gasteiger partial charge in [0.15, 0.2) is 0 Å². The van der Waals surface area contributed by atoms with Crippen LogP contribution in [0.1, 0.15) is 101 Å². The molecule has 0 aromatic heterocycles. The highest BCUT2D eigenvalue weighted by atomic mass is 14.4. The Labute approximate surface area is 500 Å². The highest BCUT2D eigenvalue weighted by Gasteiger charge is 2.36. The summed E-state index contributed by atoms with van der Waals surface area (Å²) in [5.41, 5.74) is 30.1. The van der Waals surface area contributed by atoms with Crippen LogP contribution in [0, 0.1) is 5.41 Å². The molecule has 0 nitrogen and oxygen atoms in total. The van der Waals surface area contributed by atoms with E-state index in [2.05, 4.69) is 304 Å². The molecule has 85 heavy (non-hydrogen) atoms. The number of hydrogen-bond donors (Lipinski definition) is 0. The lowest BCUT2D eigenvalue weighted by molar-refractivity contribution is 0.477. The van der Waals surface area contributed by atoms with Crippen molar-refractivity contribution in [3.05, 3.63) is 276 Å². The van der Waals surface area contributed by atoms with E-state index in [4.69, 9.17) is 0 Å². The van der Waals surface area contributed by atoms with Gasteiger partial charge in [-0.05, 0) is 195 Å². The fourth-order valence-corrected chi connectivity index (χ4v) is 14.8. The first-order chi connectivity index (χ1) is 41.1. The zero-order valence-corrected chi connectivity index (χ0v) is 50.0. The number of fused-ring (bicyclic) bond motifs is 3. The summed E-state index contributed by atoms with van der Waals surface area (Å²) in [5.74, 6) is 0.438. The van der Waals surface area contributed by atoms with Crippen molar-refractivity contribution in [2.24, 2.45) is 5.41 Å². The third-order valence-electron chi connectivity index (χ3n) is 19.8. The van der Waals surface area contributed by atoms with Gasteiger partial charge in [0.05, 0.1) is 0 Å². The first-order valence-corrected chi connectivity index (χ1v) is 30.6. The lowest BCUT2D eigenvalue weighted by atomic mass is 9.70. The topological polar surface area (TPSA) is 0 Å². The monoisotopic (exact) mass is 1090 g/mol. The summed E-state index contributed by atoms with van der Waals surface area (Å²) in [5, 5.41) is 10.8. The van der Waals surface area contributed by atoms with E-state index in [1.54, 1.807) is 0 Å². The zero-order valence-electron chi connectivity index (χ0n) is 50.0. The first-order valence-electron chi connectivity index (χ1n) is 30.6. The lowest BCUT2D eigenvalue weighted by Gasteiger charge is -2.34. The largest absolute Gasteiger partial charge is 0.0760 e. The number of allylic oxidation sites excluding steroid dienone is 2. The average Bonchev–Trinajstić information content (AvgIpc) is 1.87. The molecule has 0 spiro atoms. The number of hydrogen-bond acceptors (Lipinski definition) is 0. The molecule has 0 amide bonds. The Morgan fingerprint density at radius 3 is 1.19 bits per heavy atom. The van der Waals surface area contributed by atoms with Crippen LogP contribution in [-0.2, 0) is 10.8 Å². The Kier molecular flexibility index (Phi) is 11.4. The summed E-state index contributed by atoms with van der Waals surface area (Å²) >= 11 is 0. The summed E-state index contributed by atoms with van der Waals surface area (Å²) in [6.45, 7) is 18.7. The van der Waals surface area contributed by atoms with Crippen LogP contribution in [-0.4, -0.2) is 0 Å². The van der Waals surface area contributed by atoms with Crippen molar-refractivity contribution in [1.82, 2.24) is 0 Å². The van der Waals surface area contributed by atoms with Crippen LogP contribution >= 0.6 is 0 Å². The zero-order chi connectivity index (χ0) is 57.7. The van der Waals surface area contributed by atoms with Crippen molar-refractivity contribution < 1.29 is 0 Å². The summed E-state index contributed by atoms with van der Waals surface area (Å²) in [7, 11) is 0. The normalized spacial score (nSPS) is 15.0. The summed E-state index contributed by atoms with van der Waals surface area (Å²) < 4.78 is 0. The van der Waals surface area contributed by atoms with Crippen molar-refractivity contribution in [2.45, 2.75) is 78.6 Å². The van der Waals surface area contributed by atoms with E-state index in [1.807, 2.05) is 0 Å². The average molecular weight is 1090 g/mol. The Balaban J connectivity index is 0.600. The van der Waals surface area contributed by atoms with Gasteiger partial charge in [-0.2, -0.15) is 0 Å². The highest BCUT2D eigenvalue weighted by Crippen LogP contribution is 2.52. The quantitative estimate of drug-likeness (QED) is 0.140. The van der Waals surface area contributed by atoms with Gasteiger partial charge in [0, 0.05) is 11.3 Å². The predicted molar refractivity (Wildman–Crippen MR) is 366 cm³/mol. The van der Waals surface area contributed by atoms with E-state index in [0.717, 1.165) is 6.42 Å². The van der Waals surface area contributed by atoms with Crippen LogP contribution in [0.5, 0.6) is 0 Å². The van der Waals surface area contributed by atoms with Crippen LogP contribution in [0.4, 0.5) is 0 Å². The van der Waals surface area contributed by atoms with Gasteiger partial charge in [-0.15, -0.1) is 0 Å². The molecule has 0 saturated heterocycles. The van der Waals surface area contributed by atoms with Gasteiger partial charge in [0.25, 0.3) is 0 Å². The summed E-state index contributed by atoms with van der Waals surface area (Å²) in [6.07, 6.45) is 8.37. The van der Waals surface area contributed by atoms with Crippen molar-refractivity contribution >= 4 is 55.2 Å². The SMILES string of the molecule is CC(C)(C)C1=Cc2ccc3c(-c4ccc(-c5ccc(-c6ccc7c(c6)C(C)(C)c6cc(-c8ccc(-c9ccc(-c%10ccc(-c%11ccc%12ccc%13cc(C(C)(C)C)cc%14ccc%11c%12c%13%14)cc%10)cc9)cc8)ccc6-7)cc5)cc4)ccc4c3c2C(C=C4)C1. The van der Waals surface area contributed by atoms with Crippen molar-refractivity contribution in [3.8, 4) is 89.0 Å². The second-order valence-electron chi connectivity index (χ2n) is 27.3. The fraction of sp³-hybridized carbons (Fsp3) is 0.153. The lowest BCUT2D eigenvalue weighted by Crippen LogP contribution is -2.17. The molecule has 16 rings (SSSR count). The minimum absolute atomic E-state index is 0.0959. The van der Waals surface area contributed by atoms with Gasteiger partial charge in [-0.25, -0.2) is 0 Å². The van der Waals surface area contributed by atoms with Crippen LogP contribution in [0.15, 0.2) is 242 Å². The molecule has 3 aliphatic carbocycles. The van der Waals surface area contributed by atoms with E-state index < -0.39 is 0 Å². The van der Waals surface area contributed by atoms with E-state index in [-0.39, 0.29) is 16.2 Å². The van der Waals surface area contributed by atoms with Gasteiger partial charge in [-0.3, -0.25) is 0 Å². The van der Waals surface area contributed by atoms with Crippen LogP contribution in [0.2, 0.25) is 0 Å². The van der Waals surface area contributed by atoms with Gasteiger partial charge >= 0.3 is 0 Å². The van der Waals surface area contributed by atoms with Crippen LogP contribution in [0.25, 0.3) is 144 Å². The molecule has 408 valence electrons. The second kappa shape index (κ2) is 18.8. The summed E-state index contributed by atoms with van der Waals surface area (Å²) in [6, 6.07) is 87.9. The first kappa shape index (κ1) is 51.3. The maximum Gasteiger partial charge on any atom is 0.0159 e. The molecule has 0 bridgehead atoms. The number of benzene rings is 13. The van der Waals surface area contributed by atoms with Gasteiger partial charge in [0.1, 0.15) is 0 Å². The molecule has 1 atom stereocenters. The predicted octanol–water partition coefficient (Wildman–Crippen LogP) is 24.0. The Bertz CT molecular complexity index is 4910. The second-order valence-corrected chi connectivity index (χ2v) is 27.3. The number of rotatable bonds is 7. The molecule has 0 fully saturated rings. The van der Waals surface area contributed by atoms with Crippen molar-refractivity contribution in [3.63, 3.8) is 0 Å². The third-order valence-corrected chi connectivity index (χ3v) is 19.8. The molecule has 0 saturated carbocycles. The Morgan fingerprint density at radius 1 is 0.329 bits per heavy atom. The molecule has 3 aliphatic rings. The molecular weight excluding hydrogens is 1020 g/mol. The van der Waals surface area contributed by atoms with E-state index in [1.165, 1.54) is 171 Å². The molecule has 0 N–H and O–H groups in total. The Morgan fingerprint density at radius 2 is 0.706 bits per heavy atom. The minimum atomic E-state index is -0.145. The van der Waals surface area contributed by atoms with Gasteiger partial charge < -0.3 is 0 Å². The standard InChI is InChI=1S/C85H68/c1-83(2,3)69-45-65-31-29-61-33-39-71(75-43-37-67(47-69)79(65)81(61)75)59-25-21-55(22-26-59)52-11-9-51(10-12-52)53-13-17-57(18-14-53)63-35-41-73-74-42-36-64(50-78(74)85(7,8)77(73)49-63)58-19-15-54(16-20-58)56-23-27-60(28-24-56)72-40-34-62-30-32-66-46-70(84(4,5)6)48-68-38-44-76(72)82(62)80(66)68/h9-45,47-50,66H,46H2,1-8H3. The van der Waals surface area contributed by atoms with Gasteiger partial charge in [0.2, 0.25) is 0 Å². The maximum atomic E-state index is 2.47. The fourth-order valence-electron chi connectivity index (χ4n) is 14.8. The van der Waals surface area contributed by atoms with Crippen molar-refractivity contribution in [2.75, 3.05) is 0 Å². The molecule has 1 unspecified atom stereocenters. The summed E-state index contributed by atoms with van der Waals surface area (Å²) in [4.78, 5) is 0. The highest BCUT2D eigenvalue weighted by molar-refractivity contribution is 6.25. The van der Waals surface area contributed by atoms with Crippen LogP contribution < -0.4 is 0 Å². The molecule has 0 heteroatoms. The molecule has 0 radical (unpaired) electrons. The molecule has 0 aliphatic heterocycles. The molecular formula is C85H68. The minimum Gasteiger partial charge on any atom is -0.0760 e. The van der Waals surface area contributed by atoms with E-state index >= 15 is 0 Å². The molecule has 13 aromatic rings. The smallest absolute Gasteiger partial charge is 0.0159 e. The molecule has 13 aromatic carbocycles. The van der Waals surface area contributed by atoms with Crippen LogP contribution in [0.3, 0.4) is 0 Å². The van der Waals surface area contributed by atoms with E-state index in [0.29, 0.717) is 5.92 Å². The van der Waals surface area contributed by atoms with Gasteiger partial charge in [-0.1, -0.05) is 298 Å². The Hall–Kier alpha value is -9.36. The third kappa shape index (κ3) is 8.39. The molecule has 0 heterocycles. The maximum absolute atomic E-state index is 2.47.